The summed E-state index contributed by atoms with van der Waals surface area (Å²) in [6, 6.07) is 5.65. The van der Waals surface area contributed by atoms with Crippen LogP contribution in [0.3, 0.4) is 0 Å². The topological polar surface area (TPSA) is 43.8 Å². The highest BCUT2D eigenvalue weighted by molar-refractivity contribution is 5.94. The van der Waals surface area contributed by atoms with Gasteiger partial charge in [-0.05, 0) is 56.0 Å². The zero-order valence-corrected chi connectivity index (χ0v) is 15.6. The Balaban J connectivity index is 1.63. The van der Waals surface area contributed by atoms with Crippen molar-refractivity contribution in [3.63, 3.8) is 0 Å². The molecule has 1 fully saturated rings. The van der Waals surface area contributed by atoms with Crippen molar-refractivity contribution >= 4 is 11.6 Å². The molecule has 2 aliphatic heterocycles. The van der Waals surface area contributed by atoms with Crippen molar-refractivity contribution in [2.24, 2.45) is 5.92 Å². The molecule has 7 heteroatoms. The number of amides is 1. The number of β-amino-alcohol motifs (C(OH)–C–C–N with tert-alkyl or cyclic N) is 1. The maximum Gasteiger partial charge on any atom is 0.391 e. The first-order valence-corrected chi connectivity index (χ1v) is 9.70. The van der Waals surface area contributed by atoms with E-state index in [9.17, 15) is 23.1 Å². The van der Waals surface area contributed by atoms with Gasteiger partial charge < -0.3 is 14.9 Å². The van der Waals surface area contributed by atoms with Crippen LogP contribution in [-0.2, 0) is 11.2 Å². The van der Waals surface area contributed by atoms with E-state index in [1.807, 2.05) is 30.0 Å². The smallest absolute Gasteiger partial charge is 0.387 e. The molecule has 0 spiro atoms. The first kappa shape index (κ1) is 20.1. The fourth-order valence-electron chi connectivity index (χ4n) is 4.07. The van der Waals surface area contributed by atoms with Crippen LogP contribution in [0.4, 0.5) is 18.9 Å². The summed E-state index contributed by atoms with van der Waals surface area (Å²) < 4.78 is 38.3. The lowest BCUT2D eigenvalue weighted by molar-refractivity contribution is -0.185. The van der Waals surface area contributed by atoms with Crippen LogP contribution in [0.15, 0.2) is 18.2 Å². The fourth-order valence-corrected chi connectivity index (χ4v) is 4.07. The molecule has 2 aliphatic rings. The van der Waals surface area contributed by atoms with Crippen LogP contribution in [0.1, 0.15) is 49.8 Å². The van der Waals surface area contributed by atoms with E-state index < -0.39 is 18.2 Å². The van der Waals surface area contributed by atoms with Crippen LogP contribution < -0.4 is 4.90 Å². The highest BCUT2D eigenvalue weighted by atomic mass is 19.4. The van der Waals surface area contributed by atoms with Gasteiger partial charge in [0.25, 0.3) is 0 Å². The van der Waals surface area contributed by atoms with Crippen LogP contribution in [0.25, 0.3) is 0 Å². The van der Waals surface area contributed by atoms with Crippen molar-refractivity contribution in [3.8, 4) is 0 Å². The Morgan fingerprint density at radius 1 is 1.26 bits per heavy atom. The second-order valence-corrected chi connectivity index (χ2v) is 7.52. The zero-order chi connectivity index (χ0) is 19.6. The Morgan fingerprint density at radius 2 is 1.96 bits per heavy atom. The van der Waals surface area contributed by atoms with E-state index in [0.29, 0.717) is 26.1 Å². The Kier molecular flexibility index (Phi) is 6.11. The van der Waals surface area contributed by atoms with E-state index in [2.05, 4.69) is 0 Å². The summed E-state index contributed by atoms with van der Waals surface area (Å²) in [6.07, 6.45) is -2.47. The number of aryl methyl sites for hydroxylation is 1. The van der Waals surface area contributed by atoms with Gasteiger partial charge in [-0.1, -0.05) is 19.1 Å². The molecule has 1 amide bonds. The summed E-state index contributed by atoms with van der Waals surface area (Å²) >= 11 is 0. The summed E-state index contributed by atoms with van der Waals surface area (Å²) in [5.41, 5.74) is 2.72. The molecule has 4 nitrogen and oxygen atoms in total. The maximum absolute atomic E-state index is 12.8. The van der Waals surface area contributed by atoms with E-state index in [0.717, 1.165) is 36.2 Å². The van der Waals surface area contributed by atoms with Gasteiger partial charge in [0, 0.05) is 25.2 Å². The Morgan fingerprint density at radius 3 is 2.59 bits per heavy atom. The summed E-state index contributed by atoms with van der Waals surface area (Å²) in [4.78, 5) is 15.8. The number of aliphatic hydroxyl groups excluding tert-OH is 1. The molecule has 0 aromatic heterocycles. The Labute approximate surface area is 158 Å². The van der Waals surface area contributed by atoms with Crippen LogP contribution in [-0.4, -0.2) is 48.3 Å². The van der Waals surface area contributed by atoms with Crippen LogP contribution in [0.2, 0.25) is 0 Å². The molecule has 2 heterocycles. The van der Waals surface area contributed by atoms with Crippen molar-refractivity contribution in [1.29, 1.82) is 0 Å². The van der Waals surface area contributed by atoms with Crippen molar-refractivity contribution in [2.45, 2.75) is 51.3 Å². The molecule has 0 radical (unpaired) electrons. The molecule has 3 rings (SSSR count). The largest absolute Gasteiger partial charge is 0.391 e. The summed E-state index contributed by atoms with van der Waals surface area (Å²) in [5, 5.41) is 10.6. The molecular formula is C20H27F3N2O2. The number of likely N-dealkylation sites (tertiary alicyclic amines) is 1. The van der Waals surface area contributed by atoms with E-state index in [1.54, 1.807) is 4.90 Å². The van der Waals surface area contributed by atoms with E-state index in [1.165, 1.54) is 0 Å². The number of carbonyl (C=O) groups is 1. The monoisotopic (exact) mass is 384 g/mol. The molecular weight excluding hydrogens is 357 g/mol. The van der Waals surface area contributed by atoms with E-state index in [4.69, 9.17) is 0 Å². The number of rotatable bonds is 4. The minimum absolute atomic E-state index is 0.0918. The quantitative estimate of drug-likeness (QED) is 0.861. The van der Waals surface area contributed by atoms with Crippen LogP contribution in [0.5, 0.6) is 0 Å². The number of aliphatic hydroxyl groups is 1. The molecule has 1 saturated heterocycles. The molecule has 0 aliphatic carbocycles. The third-order valence-corrected chi connectivity index (χ3v) is 5.69. The molecule has 0 saturated carbocycles. The third kappa shape index (κ3) is 4.63. The second-order valence-electron chi connectivity index (χ2n) is 7.52. The lowest BCUT2D eigenvalue weighted by Gasteiger charge is -2.34. The molecule has 1 aromatic rings. The van der Waals surface area contributed by atoms with E-state index in [-0.39, 0.29) is 18.7 Å². The van der Waals surface area contributed by atoms with Crippen LogP contribution >= 0.6 is 0 Å². The predicted molar refractivity (Wildman–Crippen MR) is 97.6 cm³/mol. The average Bonchev–Trinajstić information content (AvgIpc) is 2.66. The number of fused-ring (bicyclic) bond motifs is 1. The van der Waals surface area contributed by atoms with Crippen molar-refractivity contribution < 1.29 is 23.1 Å². The summed E-state index contributed by atoms with van der Waals surface area (Å²) in [6.45, 7) is 3.60. The van der Waals surface area contributed by atoms with Gasteiger partial charge in [-0.25, -0.2) is 0 Å². The van der Waals surface area contributed by atoms with Crippen molar-refractivity contribution in [2.75, 3.05) is 31.1 Å². The van der Waals surface area contributed by atoms with E-state index >= 15 is 0 Å². The molecule has 150 valence electrons. The van der Waals surface area contributed by atoms with Gasteiger partial charge in [-0.3, -0.25) is 4.79 Å². The van der Waals surface area contributed by atoms with Gasteiger partial charge in [0.15, 0.2) is 0 Å². The number of benzene rings is 1. The lowest BCUT2D eigenvalue weighted by atomic mass is 9.94. The normalized spacial score (nSPS) is 20.4. The molecule has 0 unspecified atom stereocenters. The highest BCUT2D eigenvalue weighted by Gasteiger charge is 2.41. The van der Waals surface area contributed by atoms with Gasteiger partial charge in [0.2, 0.25) is 5.91 Å². The predicted octanol–water partition coefficient (Wildman–Crippen LogP) is 3.68. The molecule has 1 N–H and O–H groups in total. The van der Waals surface area contributed by atoms with Gasteiger partial charge in [0.1, 0.15) is 0 Å². The number of hydrogen-bond acceptors (Lipinski definition) is 3. The first-order valence-electron chi connectivity index (χ1n) is 9.70. The number of halogens is 3. The van der Waals surface area contributed by atoms with Gasteiger partial charge in [-0.15, -0.1) is 0 Å². The summed E-state index contributed by atoms with van der Waals surface area (Å²) in [5.74, 6) is -1.13. The SMILES string of the molecule is CCC(=O)N1CCCc2cc([C@H](O)CN3CCC(C(F)(F)F)CC3)ccc21. The molecule has 27 heavy (non-hydrogen) atoms. The molecule has 0 bridgehead atoms. The minimum Gasteiger partial charge on any atom is -0.387 e. The highest BCUT2D eigenvalue weighted by Crippen LogP contribution is 2.35. The van der Waals surface area contributed by atoms with Crippen molar-refractivity contribution in [3.05, 3.63) is 29.3 Å². The lowest BCUT2D eigenvalue weighted by Crippen LogP contribution is -2.40. The van der Waals surface area contributed by atoms with Crippen LogP contribution in [0, 0.1) is 5.92 Å². The van der Waals surface area contributed by atoms with Crippen molar-refractivity contribution in [1.82, 2.24) is 4.90 Å². The molecule has 1 atom stereocenters. The third-order valence-electron chi connectivity index (χ3n) is 5.69. The van der Waals surface area contributed by atoms with Gasteiger partial charge in [-0.2, -0.15) is 13.2 Å². The standard InChI is InChI=1S/C20H27F3N2O2/c1-2-19(27)25-9-3-4-14-12-15(5-6-17(14)25)18(26)13-24-10-7-16(8-11-24)20(21,22)23/h5-6,12,16,18,26H,2-4,7-11,13H2,1H3/t18-/m1/s1. The number of alkyl halides is 3. The minimum atomic E-state index is -4.12. The number of piperidine rings is 1. The van der Waals surface area contributed by atoms with Gasteiger partial charge in [0.05, 0.1) is 12.0 Å². The average molecular weight is 384 g/mol. The first-order chi connectivity index (χ1) is 12.8. The number of nitrogens with zero attached hydrogens (tertiary/aromatic N) is 2. The van der Waals surface area contributed by atoms with Gasteiger partial charge >= 0.3 is 6.18 Å². The number of carbonyl (C=O) groups excluding carboxylic acids is 1. The Bertz CT molecular complexity index is 670. The Hall–Kier alpha value is -1.60. The fraction of sp³-hybridized carbons (Fsp3) is 0.650. The second kappa shape index (κ2) is 8.19. The molecule has 1 aromatic carbocycles. The summed E-state index contributed by atoms with van der Waals surface area (Å²) in [7, 11) is 0. The zero-order valence-electron chi connectivity index (χ0n) is 15.6. The number of anilines is 1. The number of hydrogen-bond donors (Lipinski definition) is 1. The maximum atomic E-state index is 12.8.